The zero-order valence-electron chi connectivity index (χ0n) is 10.4. The molecule has 0 amide bonds. The fraction of sp³-hybridized carbons (Fsp3) is 0.462. The number of hydrogen-bond donors (Lipinski definition) is 2. The van der Waals surface area contributed by atoms with Crippen molar-refractivity contribution in [3.63, 3.8) is 0 Å². The summed E-state index contributed by atoms with van der Waals surface area (Å²) in [5.41, 5.74) is 0.656. The normalized spacial score (nSPS) is 23.9. The van der Waals surface area contributed by atoms with Gasteiger partial charge in [-0.3, -0.25) is 4.79 Å². The molecule has 1 fully saturated rings. The van der Waals surface area contributed by atoms with E-state index in [0.717, 1.165) is 26.2 Å². The minimum atomic E-state index is 0.142. The molecule has 0 unspecified atom stereocenters. The first-order valence-corrected chi connectivity index (χ1v) is 6.95. The van der Waals surface area contributed by atoms with Crippen molar-refractivity contribution in [2.24, 2.45) is 0 Å². The average molecular weight is 289 g/mol. The highest BCUT2D eigenvalue weighted by molar-refractivity contribution is 6.42. The van der Waals surface area contributed by atoms with E-state index in [2.05, 4.69) is 7.05 Å². The maximum Gasteiger partial charge on any atom is 0.216 e. The molecule has 1 aromatic rings. The molecule has 0 spiro atoms. The summed E-state index contributed by atoms with van der Waals surface area (Å²) in [7, 11) is 2.19. The van der Waals surface area contributed by atoms with Crippen molar-refractivity contribution in [2.75, 3.05) is 39.8 Å². The molecule has 98 valence electrons. The Morgan fingerprint density at radius 3 is 2.44 bits per heavy atom. The number of likely N-dealkylation sites (N-methyl/N-ethyl adjacent to an activating group) is 1. The van der Waals surface area contributed by atoms with Crippen LogP contribution in [0.1, 0.15) is 10.4 Å². The van der Waals surface area contributed by atoms with E-state index in [1.807, 2.05) is 0 Å². The standard InChI is InChI=1S/C13H16Cl2N2O/c1-16-4-6-17(7-5-16)9-13(18)10-2-3-11(14)12(15)8-10/h2-3,8H,4-7,9H2,1H3/p+2. The van der Waals surface area contributed by atoms with Gasteiger partial charge in [0.1, 0.15) is 32.7 Å². The van der Waals surface area contributed by atoms with Gasteiger partial charge in [-0.05, 0) is 18.2 Å². The minimum Gasteiger partial charge on any atom is -0.328 e. The number of benzene rings is 1. The van der Waals surface area contributed by atoms with Crippen molar-refractivity contribution >= 4 is 29.0 Å². The predicted molar refractivity (Wildman–Crippen MR) is 73.0 cm³/mol. The van der Waals surface area contributed by atoms with Crippen molar-refractivity contribution < 1.29 is 14.6 Å². The van der Waals surface area contributed by atoms with E-state index in [-0.39, 0.29) is 5.78 Å². The van der Waals surface area contributed by atoms with Crippen LogP contribution < -0.4 is 9.80 Å². The highest BCUT2D eigenvalue weighted by atomic mass is 35.5. The van der Waals surface area contributed by atoms with Crippen molar-refractivity contribution in [1.29, 1.82) is 0 Å². The molecular weight excluding hydrogens is 271 g/mol. The molecule has 0 atom stereocenters. The van der Waals surface area contributed by atoms with Crippen LogP contribution in [0.5, 0.6) is 0 Å². The molecule has 18 heavy (non-hydrogen) atoms. The Kier molecular flexibility index (Phi) is 4.62. The largest absolute Gasteiger partial charge is 0.328 e. The summed E-state index contributed by atoms with van der Waals surface area (Å²) in [5, 5.41) is 0.934. The van der Waals surface area contributed by atoms with Gasteiger partial charge >= 0.3 is 0 Å². The molecule has 0 radical (unpaired) electrons. The van der Waals surface area contributed by atoms with Crippen LogP contribution in [0.2, 0.25) is 10.0 Å². The quantitative estimate of drug-likeness (QED) is 0.727. The van der Waals surface area contributed by atoms with Crippen molar-refractivity contribution in [3.8, 4) is 0 Å². The third-order valence-corrected chi connectivity index (χ3v) is 4.20. The lowest BCUT2D eigenvalue weighted by molar-refractivity contribution is -0.999. The van der Waals surface area contributed by atoms with Crippen LogP contribution >= 0.6 is 23.2 Å². The summed E-state index contributed by atoms with van der Waals surface area (Å²) in [5.74, 6) is 0.142. The third-order valence-electron chi connectivity index (χ3n) is 3.46. The summed E-state index contributed by atoms with van der Waals surface area (Å²) in [4.78, 5) is 15.0. The summed E-state index contributed by atoms with van der Waals surface area (Å²) < 4.78 is 0. The lowest BCUT2D eigenvalue weighted by Gasteiger charge is -2.26. The second-order valence-corrected chi connectivity index (χ2v) is 5.75. The molecule has 1 saturated heterocycles. The fourth-order valence-corrected chi connectivity index (χ4v) is 2.50. The van der Waals surface area contributed by atoms with Gasteiger partial charge in [-0.1, -0.05) is 23.2 Å². The van der Waals surface area contributed by atoms with Crippen LogP contribution in [0.15, 0.2) is 18.2 Å². The molecule has 0 bridgehead atoms. The number of ketones is 1. The third kappa shape index (κ3) is 3.45. The van der Waals surface area contributed by atoms with Crippen LogP contribution in [-0.2, 0) is 0 Å². The number of hydrogen-bond acceptors (Lipinski definition) is 1. The number of rotatable bonds is 3. The molecule has 1 heterocycles. The zero-order chi connectivity index (χ0) is 13.1. The summed E-state index contributed by atoms with van der Waals surface area (Å²) in [6, 6.07) is 5.09. The molecule has 3 nitrogen and oxygen atoms in total. The number of Topliss-reactive ketones (excluding diaryl/α,β-unsaturated/α-hetero) is 1. The van der Waals surface area contributed by atoms with E-state index in [1.54, 1.807) is 23.1 Å². The Balaban J connectivity index is 1.97. The number of carbonyl (C=O) groups excluding carboxylic acids is 1. The van der Waals surface area contributed by atoms with Crippen LogP contribution in [0, 0.1) is 0 Å². The number of halogens is 2. The topological polar surface area (TPSA) is 26.0 Å². The number of quaternary nitrogens is 2. The van der Waals surface area contributed by atoms with Gasteiger partial charge in [-0.25, -0.2) is 0 Å². The molecule has 0 aliphatic carbocycles. The first-order chi connectivity index (χ1) is 8.56. The van der Waals surface area contributed by atoms with Crippen LogP contribution in [0.4, 0.5) is 0 Å². The monoisotopic (exact) mass is 288 g/mol. The molecule has 0 saturated carbocycles. The van der Waals surface area contributed by atoms with Gasteiger partial charge in [0.25, 0.3) is 0 Å². The van der Waals surface area contributed by atoms with Gasteiger partial charge in [0.05, 0.1) is 17.1 Å². The second kappa shape index (κ2) is 6.02. The predicted octanol–water partition coefficient (Wildman–Crippen LogP) is -0.411. The van der Waals surface area contributed by atoms with E-state index in [9.17, 15) is 4.79 Å². The Bertz CT molecular complexity index is 443. The van der Waals surface area contributed by atoms with Crippen LogP contribution in [0.25, 0.3) is 0 Å². The van der Waals surface area contributed by atoms with Gasteiger partial charge in [-0.15, -0.1) is 0 Å². The maximum atomic E-state index is 12.1. The van der Waals surface area contributed by atoms with Crippen LogP contribution in [0.3, 0.4) is 0 Å². The van der Waals surface area contributed by atoms with E-state index < -0.39 is 0 Å². The van der Waals surface area contributed by atoms with E-state index in [4.69, 9.17) is 23.2 Å². The SMILES string of the molecule is C[NH+]1CC[NH+](CC(=O)c2ccc(Cl)c(Cl)c2)CC1. The van der Waals surface area contributed by atoms with E-state index in [1.165, 1.54) is 4.90 Å². The molecule has 0 aromatic heterocycles. The van der Waals surface area contributed by atoms with Gasteiger partial charge in [0.15, 0.2) is 0 Å². The summed E-state index contributed by atoms with van der Waals surface area (Å²) >= 11 is 11.8. The first kappa shape index (κ1) is 13.8. The molecular formula is C13H18Cl2N2O+2. The van der Waals surface area contributed by atoms with Gasteiger partial charge in [-0.2, -0.15) is 0 Å². The zero-order valence-corrected chi connectivity index (χ0v) is 11.9. The molecule has 2 N–H and O–H groups in total. The lowest BCUT2D eigenvalue weighted by atomic mass is 10.1. The average Bonchev–Trinajstić information content (AvgIpc) is 2.35. The van der Waals surface area contributed by atoms with Crippen molar-refractivity contribution in [1.82, 2.24) is 0 Å². The molecule has 1 aliphatic rings. The first-order valence-electron chi connectivity index (χ1n) is 6.19. The Morgan fingerprint density at radius 2 is 1.83 bits per heavy atom. The van der Waals surface area contributed by atoms with E-state index >= 15 is 0 Å². The lowest BCUT2D eigenvalue weighted by Crippen LogP contribution is -3.27. The highest BCUT2D eigenvalue weighted by Gasteiger charge is 2.23. The highest BCUT2D eigenvalue weighted by Crippen LogP contribution is 2.22. The maximum absolute atomic E-state index is 12.1. The molecule has 1 aromatic carbocycles. The summed E-state index contributed by atoms with van der Waals surface area (Å²) in [6.45, 7) is 4.91. The number of piperazine rings is 1. The van der Waals surface area contributed by atoms with Crippen molar-refractivity contribution in [2.45, 2.75) is 0 Å². The van der Waals surface area contributed by atoms with Crippen LogP contribution in [-0.4, -0.2) is 45.6 Å². The number of nitrogens with one attached hydrogen (secondary N) is 2. The molecule has 5 heteroatoms. The number of carbonyl (C=O) groups is 1. The molecule has 2 rings (SSSR count). The van der Waals surface area contributed by atoms with E-state index in [0.29, 0.717) is 22.2 Å². The Hall–Kier alpha value is -0.610. The van der Waals surface area contributed by atoms with Gasteiger partial charge in [0, 0.05) is 5.56 Å². The van der Waals surface area contributed by atoms with Crippen molar-refractivity contribution in [3.05, 3.63) is 33.8 Å². The fourth-order valence-electron chi connectivity index (χ4n) is 2.21. The minimum absolute atomic E-state index is 0.142. The van der Waals surface area contributed by atoms with Gasteiger partial charge < -0.3 is 9.80 Å². The van der Waals surface area contributed by atoms with Gasteiger partial charge in [0.2, 0.25) is 5.78 Å². The Morgan fingerprint density at radius 1 is 1.17 bits per heavy atom. The summed E-state index contributed by atoms with van der Waals surface area (Å²) in [6.07, 6.45) is 0. The molecule has 1 aliphatic heterocycles. The Labute approximate surface area is 117 Å². The second-order valence-electron chi connectivity index (χ2n) is 4.94. The smallest absolute Gasteiger partial charge is 0.216 e.